The molecule has 0 atom stereocenters. The summed E-state index contributed by atoms with van der Waals surface area (Å²) in [5.41, 5.74) is -0.628. The molecule has 0 unspecified atom stereocenters. The Morgan fingerprint density at radius 1 is 0.821 bits per heavy atom. The third-order valence-electron chi connectivity index (χ3n) is 4.48. The fraction of sp³-hybridized carbons (Fsp3) is 0. The van der Waals surface area contributed by atoms with E-state index in [1.165, 1.54) is 12.1 Å². The van der Waals surface area contributed by atoms with Gasteiger partial charge >= 0.3 is 5.69 Å². The van der Waals surface area contributed by atoms with Crippen molar-refractivity contribution in [3.63, 3.8) is 0 Å². The molecule has 3 aromatic carbocycles. The van der Waals surface area contributed by atoms with E-state index in [0.717, 1.165) is 12.1 Å². The number of hydrogen-bond donors (Lipinski definition) is 3. The van der Waals surface area contributed by atoms with Crippen molar-refractivity contribution in [2.24, 2.45) is 0 Å². The average Bonchev–Trinajstić information content (AvgIpc) is 2.66. The number of nitro groups is 1. The van der Waals surface area contributed by atoms with Crippen molar-refractivity contribution >= 4 is 28.6 Å². The molecule has 0 saturated heterocycles. The summed E-state index contributed by atoms with van der Waals surface area (Å²) in [5, 5.41) is 34.6. The van der Waals surface area contributed by atoms with Gasteiger partial charge in [-0.3, -0.25) is 19.7 Å². The molecule has 1 aliphatic carbocycles. The Labute approximate surface area is 157 Å². The number of phenols is 2. The summed E-state index contributed by atoms with van der Waals surface area (Å²) >= 11 is 0. The predicted octanol–water partition coefficient (Wildman–Crippen LogP) is 3.53. The van der Waals surface area contributed by atoms with Crippen molar-refractivity contribution in [1.29, 1.82) is 0 Å². The Morgan fingerprint density at radius 3 is 2.18 bits per heavy atom. The smallest absolute Gasteiger partial charge is 0.311 e. The molecule has 0 amide bonds. The van der Waals surface area contributed by atoms with Gasteiger partial charge in [0, 0.05) is 34.6 Å². The number of rotatable bonds is 3. The molecule has 0 aliphatic heterocycles. The van der Waals surface area contributed by atoms with Gasteiger partial charge in [0.15, 0.2) is 11.6 Å². The van der Waals surface area contributed by atoms with Crippen LogP contribution in [0.25, 0.3) is 0 Å². The van der Waals surface area contributed by atoms with Gasteiger partial charge in [0.1, 0.15) is 5.75 Å². The molecule has 8 heteroatoms. The number of carbonyl (C=O) groups excluding carboxylic acids is 2. The van der Waals surface area contributed by atoms with Gasteiger partial charge in [0.05, 0.1) is 16.1 Å². The first-order chi connectivity index (χ1) is 13.4. The maximum Gasteiger partial charge on any atom is 0.311 e. The number of para-hydroxylation sites is 1. The number of phenolic OH excluding ortho intramolecular Hbond substituents is 2. The van der Waals surface area contributed by atoms with E-state index in [0.29, 0.717) is 11.4 Å². The molecule has 0 fully saturated rings. The second-order valence-electron chi connectivity index (χ2n) is 6.18. The van der Waals surface area contributed by atoms with Crippen LogP contribution >= 0.6 is 0 Å². The highest BCUT2D eigenvalue weighted by atomic mass is 16.6. The number of nitrogens with one attached hydrogen (secondary N) is 1. The summed E-state index contributed by atoms with van der Waals surface area (Å²) in [6.07, 6.45) is 0. The number of ketones is 2. The highest BCUT2D eigenvalue weighted by Crippen LogP contribution is 2.41. The van der Waals surface area contributed by atoms with Crippen LogP contribution in [-0.4, -0.2) is 26.7 Å². The second-order valence-corrected chi connectivity index (χ2v) is 6.18. The van der Waals surface area contributed by atoms with E-state index in [-0.39, 0.29) is 16.7 Å². The van der Waals surface area contributed by atoms with Gasteiger partial charge in [-0.15, -0.1) is 0 Å². The average molecular weight is 376 g/mol. The summed E-state index contributed by atoms with van der Waals surface area (Å²) < 4.78 is 0. The highest BCUT2D eigenvalue weighted by molar-refractivity contribution is 6.30. The van der Waals surface area contributed by atoms with Crippen LogP contribution in [0.4, 0.5) is 17.1 Å². The van der Waals surface area contributed by atoms with Crippen molar-refractivity contribution < 1.29 is 24.7 Å². The zero-order valence-corrected chi connectivity index (χ0v) is 14.2. The minimum Gasteiger partial charge on any atom is -0.507 e. The molecule has 138 valence electrons. The molecule has 28 heavy (non-hydrogen) atoms. The fourth-order valence-corrected chi connectivity index (χ4v) is 3.22. The first-order valence-electron chi connectivity index (χ1n) is 8.17. The van der Waals surface area contributed by atoms with Crippen LogP contribution in [0.1, 0.15) is 31.8 Å². The van der Waals surface area contributed by atoms with Crippen LogP contribution in [0, 0.1) is 10.1 Å². The molecular formula is C20H12N2O6. The van der Waals surface area contributed by atoms with E-state index >= 15 is 0 Å². The van der Waals surface area contributed by atoms with Crippen molar-refractivity contribution in [2.45, 2.75) is 0 Å². The third kappa shape index (κ3) is 2.55. The molecule has 0 saturated carbocycles. The number of nitro benzene ring substituents is 1. The molecule has 0 spiro atoms. The Morgan fingerprint density at radius 2 is 1.50 bits per heavy atom. The quantitative estimate of drug-likeness (QED) is 0.368. The first-order valence-corrected chi connectivity index (χ1v) is 8.17. The predicted molar refractivity (Wildman–Crippen MR) is 99.5 cm³/mol. The maximum absolute atomic E-state index is 12.9. The van der Waals surface area contributed by atoms with E-state index in [9.17, 15) is 29.9 Å². The van der Waals surface area contributed by atoms with Crippen LogP contribution in [0.15, 0.2) is 54.6 Å². The normalized spacial score (nSPS) is 12.3. The van der Waals surface area contributed by atoms with E-state index in [2.05, 4.69) is 5.32 Å². The molecule has 3 aromatic rings. The number of benzene rings is 3. The number of nitrogens with zero attached hydrogens (tertiary/aromatic N) is 1. The van der Waals surface area contributed by atoms with E-state index < -0.39 is 39.2 Å². The SMILES string of the molecule is O=C1c2ccc([N+](=O)[O-])c(O)c2C(=O)c2cc(Nc3ccccc3)cc(O)c21. The fourth-order valence-electron chi connectivity index (χ4n) is 3.22. The Hall–Kier alpha value is -4.20. The van der Waals surface area contributed by atoms with E-state index in [1.807, 2.05) is 6.07 Å². The molecule has 0 bridgehead atoms. The summed E-state index contributed by atoms with van der Waals surface area (Å²) in [5.74, 6) is -2.75. The number of fused-ring (bicyclic) bond motifs is 2. The van der Waals surface area contributed by atoms with Gasteiger partial charge in [-0.2, -0.15) is 0 Å². The number of aromatic hydroxyl groups is 2. The lowest BCUT2D eigenvalue weighted by Crippen LogP contribution is -2.21. The Kier molecular flexibility index (Phi) is 3.82. The van der Waals surface area contributed by atoms with Gasteiger partial charge in [-0.25, -0.2) is 0 Å². The minimum atomic E-state index is -0.868. The van der Waals surface area contributed by atoms with Crippen molar-refractivity contribution in [3.05, 3.63) is 87.0 Å². The van der Waals surface area contributed by atoms with Crippen LogP contribution < -0.4 is 5.32 Å². The first kappa shape index (κ1) is 17.2. The Bertz CT molecular complexity index is 1170. The summed E-state index contributed by atoms with van der Waals surface area (Å²) in [6.45, 7) is 0. The van der Waals surface area contributed by atoms with Gasteiger partial charge < -0.3 is 15.5 Å². The van der Waals surface area contributed by atoms with Gasteiger partial charge in [0.2, 0.25) is 5.75 Å². The summed E-state index contributed by atoms with van der Waals surface area (Å²) in [6, 6.07) is 13.7. The van der Waals surface area contributed by atoms with E-state index in [1.54, 1.807) is 24.3 Å². The monoisotopic (exact) mass is 376 g/mol. The molecule has 8 nitrogen and oxygen atoms in total. The molecule has 0 heterocycles. The number of carbonyl (C=O) groups is 2. The molecule has 4 rings (SSSR count). The maximum atomic E-state index is 12.9. The third-order valence-corrected chi connectivity index (χ3v) is 4.48. The second kappa shape index (κ2) is 6.20. The molecule has 1 aliphatic rings. The molecular weight excluding hydrogens is 364 g/mol. The van der Waals surface area contributed by atoms with Gasteiger partial charge in [0.25, 0.3) is 0 Å². The van der Waals surface area contributed by atoms with Crippen LogP contribution in [0.2, 0.25) is 0 Å². The molecule has 3 N–H and O–H groups in total. The van der Waals surface area contributed by atoms with Crippen molar-refractivity contribution in [3.8, 4) is 11.5 Å². The topological polar surface area (TPSA) is 130 Å². The standard InChI is InChI=1S/C20H12N2O6/c23-15-9-11(21-10-4-2-1-3-5-10)8-13-16(15)18(24)12-6-7-14(22(27)28)20(26)17(12)19(13)25/h1-9,21,23,26H. The van der Waals surface area contributed by atoms with Gasteiger partial charge in [-0.05, 0) is 24.3 Å². The number of hydrogen-bond acceptors (Lipinski definition) is 7. The van der Waals surface area contributed by atoms with Crippen LogP contribution in [0.5, 0.6) is 11.5 Å². The van der Waals surface area contributed by atoms with E-state index in [4.69, 9.17) is 0 Å². The lowest BCUT2D eigenvalue weighted by atomic mass is 9.82. The van der Waals surface area contributed by atoms with Crippen LogP contribution in [-0.2, 0) is 0 Å². The van der Waals surface area contributed by atoms with Crippen LogP contribution in [0.3, 0.4) is 0 Å². The lowest BCUT2D eigenvalue weighted by molar-refractivity contribution is -0.385. The zero-order chi connectivity index (χ0) is 20.0. The summed E-state index contributed by atoms with van der Waals surface area (Å²) in [4.78, 5) is 35.9. The molecule has 0 aromatic heterocycles. The minimum absolute atomic E-state index is 0.147. The van der Waals surface area contributed by atoms with Crippen molar-refractivity contribution in [1.82, 2.24) is 0 Å². The van der Waals surface area contributed by atoms with Gasteiger partial charge in [-0.1, -0.05) is 18.2 Å². The highest BCUT2D eigenvalue weighted by Gasteiger charge is 2.37. The number of anilines is 2. The summed E-state index contributed by atoms with van der Waals surface area (Å²) in [7, 11) is 0. The zero-order valence-electron chi connectivity index (χ0n) is 14.2. The Balaban J connectivity index is 1.87. The largest absolute Gasteiger partial charge is 0.507 e. The van der Waals surface area contributed by atoms with Crippen molar-refractivity contribution in [2.75, 3.05) is 5.32 Å². The molecule has 0 radical (unpaired) electrons. The lowest BCUT2D eigenvalue weighted by Gasteiger charge is -2.20.